The molecule has 1 atom stereocenters. The Kier molecular flexibility index (Phi) is 7.35. The number of hydrogen-bond donors (Lipinski definition) is 2. The number of H-pyrrole nitrogens is 1. The van der Waals surface area contributed by atoms with E-state index in [9.17, 15) is 18.4 Å². The molecule has 1 aliphatic heterocycles. The van der Waals surface area contributed by atoms with Crippen molar-refractivity contribution in [3.8, 4) is 11.3 Å². The summed E-state index contributed by atoms with van der Waals surface area (Å²) >= 11 is 0. The van der Waals surface area contributed by atoms with Gasteiger partial charge in [0.05, 0.1) is 11.7 Å². The van der Waals surface area contributed by atoms with Crippen LogP contribution >= 0.6 is 0 Å². The number of aromatic amines is 1. The molecule has 0 spiro atoms. The molecular weight excluding hydrogens is 546 g/mol. The zero-order chi connectivity index (χ0) is 29.2. The smallest absolute Gasteiger partial charge is 0.335 e. The summed E-state index contributed by atoms with van der Waals surface area (Å²) in [5.74, 6) is -0.183. The lowest BCUT2D eigenvalue weighted by Gasteiger charge is -2.38. The van der Waals surface area contributed by atoms with Crippen LogP contribution in [-0.4, -0.2) is 78.0 Å². The fourth-order valence-electron chi connectivity index (χ4n) is 5.11. The topological polar surface area (TPSA) is 129 Å². The molecular formula is C28H27F2N10O2+. The summed E-state index contributed by atoms with van der Waals surface area (Å²) in [6.45, 7) is 0.335. The van der Waals surface area contributed by atoms with Gasteiger partial charge in [0.1, 0.15) is 18.1 Å². The Balaban J connectivity index is 1.18. The quantitative estimate of drug-likeness (QED) is 0.287. The molecule has 1 saturated heterocycles. The molecule has 42 heavy (non-hydrogen) atoms. The molecule has 0 bridgehead atoms. The second-order valence-corrected chi connectivity index (χ2v) is 9.88. The number of nitrogens with zero attached hydrogens (tertiary/aromatic N) is 8. The van der Waals surface area contributed by atoms with Gasteiger partial charge in [-0.05, 0) is 29.0 Å². The summed E-state index contributed by atoms with van der Waals surface area (Å²) in [5.41, 5.74) is 4.21. The van der Waals surface area contributed by atoms with E-state index in [4.69, 9.17) is 0 Å². The zero-order valence-electron chi connectivity index (χ0n) is 22.6. The number of pyridine rings is 2. The van der Waals surface area contributed by atoms with E-state index in [0.29, 0.717) is 42.4 Å². The second-order valence-electron chi connectivity index (χ2n) is 9.88. The summed E-state index contributed by atoms with van der Waals surface area (Å²) in [7, 11) is 0. The van der Waals surface area contributed by atoms with Crippen molar-refractivity contribution in [3.05, 3.63) is 90.3 Å². The van der Waals surface area contributed by atoms with Crippen molar-refractivity contribution >= 4 is 23.1 Å². The van der Waals surface area contributed by atoms with E-state index in [1.807, 2.05) is 53.1 Å². The van der Waals surface area contributed by atoms with Crippen molar-refractivity contribution in [2.75, 3.05) is 31.5 Å². The van der Waals surface area contributed by atoms with E-state index in [1.54, 1.807) is 29.4 Å². The lowest BCUT2D eigenvalue weighted by molar-refractivity contribution is -0.508. The third kappa shape index (κ3) is 5.56. The first kappa shape index (κ1) is 27.1. The largest absolute Gasteiger partial charge is 0.350 e. The minimum Gasteiger partial charge on any atom is -0.335 e. The molecule has 1 unspecified atom stereocenters. The minimum atomic E-state index is -2.88. The number of anilines is 1. The van der Waals surface area contributed by atoms with E-state index in [1.165, 1.54) is 6.92 Å². The van der Waals surface area contributed by atoms with Gasteiger partial charge >= 0.3 is 6.55 Å². The molecule has 1 fully saturated rings. The monoisotopic (exact) mass is 573 g/mol. The number of nitrogens with one attached hydrogen (secondary N) is 2. The summed E-state index contributed by atoms with van der Waals surface area (Å²) < 4.78 is 28.2. The molecule has 214 valence electrons. The van der Waals surface area contributed by atoms with Gasteiger partial charge in [-0.1, -0.05) is 35.1 Å². The van der Waals surface area contributed by atoms with Crippen LogP contribution in [0.2, 0.25) is 0 Å². The van der Waals surface area contributed by atoms with Gasteiger partial charge in [0.25, 0.3) is 11.6 Å². The van der Waals surface area contributed by atoms with E-state index >= 15 is 0 Å². The minimum absolute atomic E-state index is 0.157. The number of alkyl halides is 2. The number of aromatic nitrogens is 7. The van der Waals surface area contributed by atoms with Crippen LogP contribution in [0.5, 0.6) is 0 Å². The van der Waals surface area contributed by atoms with Crippen molar-refractivity contribution in [2.24, 2.45) is 0 Å². The Morgan fingerprint density at radius 2 is 1.81 bits per heavy atom. The highest BCUT2D eigenvalue weighted by Crippen LogP contribution is 2.28. The number of imidazole rings is 1. The molecule has 5 aromatic rings. The lowest BCUT2D eigenvalue weighted by atomic mass is 10.0. The molecule has 2 amide bonds. The Bertz CT molecular complexity index is 1730. The summed E-state index contributed by atoms with van der Waals surface area (Å²) in [5, 5.41) is 14.1. The van der Waals surface area contributed by atoms with Crippen LogP contribution in [0, 0.1) is 0 Å². The molecule has 1 aliphatic rings. The molecule has 12 nitrogen and oxygen atoms in total. The lowest BCUT2D eigenvalue weighted by Crippen LogP contribution is -2.50. The number of tetrazole rings is 1. The zero-order valence-corrected chi connectivity index (χ0v) is 22.6. The number of halogens is 2. The van der Waals surface area contributed by atoms with Gasteiger partial charge in [-0.2, -0.15) is 8.78 Å². The number of piperazine rings is 1. The molecule has 6 rings (SSSR count). The van der Waals surface area contributed by atoms with E-state index in [-0.39, 0.29) is 17.6 Å². The van der Waals surface area contributed by atoms with Crippen molar-refractivity contribution in [2.45, 2.75) is 19.5 Å². The van der Waals surface area contributed by atoms with Gasteiger partial charge < -0.3 is 10.2 Å². The van der Waals surface area contributed by atoms with Gasteiger partial charge in [-0.3, -0.25) is 19.5 Å². The Labute approximate surface area is 238 Å². The molecule has 1 aromatic carbocycles. The van der Waals surface area contributed by atoms with Gasteiger partial charge in [0, 0.05) is 50.9 Å². The first-order valence-electron chi connectivity index (χ1n) is 13.3. The van der Waals surface area contributed by atoms with Crippen LogP contribution in [0.25, 0.3) is 16.9 Å². The standard InChI is InChI=1S/C28H26F2N10O2/c1-18(41)32-21-7-8-24-33-23(17-39(24)16-21)20-9-10-31-22(15-20)27(42)38-13-11-37(12-14-38)25(19-5-3-2-4-6-19)26-34-36-40(35-26)28(29)30/h2-10,15-17,25,28H,11-14H2,1H3,(H,32,41)/p+1. The van der Waals surface area contributed by atoms with Crippen molar-refractivity contribution in [1.29, 1.82) is 0 Å². The van der Waals surface area contributed by atoms with Gasteiger partial charge in [-0.25, -0.2) is 9.38 Å². The van der Waals surface area contributed by atoms with Crippen molar-refractivity contribution in [3.63, 3.8) is 0 Å². The van der Waals surface area contributed by atoms with E-state index in [0.717, 1.165) is 22.5 Å². The Hall–Kier alpha value is -5.11. The third-order valence-corrected chi connectivity index (χ3v) is 7.06. The maximum atomic E-state index is 13.5. The second kappa shape index (κ2) is 11.4. The van der Waals surface area contributed by atoms with Gasteiger partial charge in [-0.15, -0.1) is 10.2 Å². The van der Waals surface area contributed by atoms with Crippen LogP contribution in [0.1, 0.15) is 41.4 Å². The number of rotatable bonds is 7. The predicted octanol–water partition coefficient (Wildman–Crippen LogP) is 2.70. The number of carbonyl (C=O) groups excluding carboxylic acids is 2. The summed E-state index contributed by atoms with van der Waals surface area (Å²) in [6.07, 6.45) is 5.28. The highest BCUT2D eigenvalue weighted by molar-refractivity contribution is 5.93. The molecule has 0 saturated carbocycles. The first-order valence-corrected chi connectivity index (χ1v) is 13.3. The molecule has 2 N–H and O–H groups in total. The number of amides is 2. The van der Waals surface area contributed by atoms with Crippen molar-refractivity contribution in [1.82, 2.24) is 40.0 Å². The molecule has 4 aromatic heterocycles. The maximum Gasteiger partial charge on any atom is 0.350 e. The Morgan fingerprint density at radius 3 is 2.52 bits per heavy atom. The van der Waals surface area contributed by atoms with Gasteiger partial charge in [0.2, 0.25) is 5.91 Å². The summed E-state index contributed by atoms with van der Waals surface area (Å²) in [6, 6.07) is 16.1. The number of fused-ring (bicyclic) bond motifs is 1. The van der Waals surface area contributed by atoms with Crippen LogP contribution in [0.4, 0.5) is 14.5 Å². The number of hydrogen-bond acceptors (Lipinski definition) is 7. The van der Waals surface area contributed by atoms with Crippen LogP contribution < -0.4 is 9.72 Å². The normalized spacial score (nSPS) is 14.8. The SMILES string of the molecule is CC(=O)Nc1ccc2[nH]c(-c3ccnc(C(=O)N4CCN(C(c5ccccc5)c5nnn(C(F)F)n5)CC4)c3)c[n+]2c1. The Morgan fingerprint density at radius 1 is 1.02 bits per heavy atom. The molecule has 0 aliphatic carbocycles. The highest BCUT2D eigenvalue weighted by Gasteiger charge is 2.32. The molecule has 0 radical (unpaired) electrons. The molecule has 14 heteroatoms. The third-order valence-electron chi connectivity index (χ3n) is 7.06. The van der Waals surface area contributed by atoms with E-state index in [2.05, 4.69) is 35.6 Å². The predicted molar refractivity (Wildman–Crippen MR) is 146 cm³/mol. The van der Waals surface area contributed by atoms with Gasteiger partial charge in [0.15, 0.2) is 11.5 Å². The van der Waals surface area contributed by atoms with Crippen LogP contribution in [0.3, 0.4) is 0 Å². The highest BCUT2D eigenvalue weighted by atomic mass is 19.3. The first-order chi connectivity index (χ1) is 20.4. The fraction of sp³-hybridized carbons (Fsp3) is 0.250. The summed E-state index contributed by atoms with van der Waals surface area (Å²) in [4.78, 5) is 36.6. The van der Waals surface area contributed by atoms with Crippen molar-refractivity contribution < 1.29 is 22.8 Å². The molecule has 5 heterocycles. The number of carbonyl (C=O) groups is 2. The maximum absolute atomic E-state index is 13.5. The fourth-order valence-corrected chi connectivity index (χ4v) is 5.11. The average molecular weight is 574 g/mol. The van der Waals surface area contributed by atoms with E-state index < -0.39 is 12.6 Å². The van der Waals surface area contributed by atoms with Crippen LogP contribution in [0.15, 0.2) is 73.2 Å². The van der Waals surface area contributed by atoms with Crippen LogP contribution in [-0.2, 0) is 4.79 Å². The number of benzene rings is 1. The average Bonchev–Trinajstić information content (AvgIpc) is 3.66.